The Labute approximate surface area is 176 Å². The van der Waals surface area contributed by atoms with E-state index in [1.807, 2.05) is 0 Å². The van der Waals surface area contributed by atoms with E-state index in [9.17, 15) is 18.0 Å². The molecule has 8 nitrogen and oxygen atoms in total. The number of carbonyl (C=O) groups is 2. The summed E-state index contributed by atoms with van der Waals surface area (Å²) in [4.78, 5) is 24.2. The summed E-state index contributed by atoms with van der Waals surface area (Å²) in [7, 11) is -2.31. The highest BCUT2D eigenvalue weighted by atomic mass is 32.2. The van der Waals surface area contributed by atoms with Gasteiger partial charge in [-0.15, -0.1) is 0 Å². The monoisotopic (exact) mass is 434 g/mol. The van der Waals surface area contributed by atoms with E-state index in [1.54, 1.807) is 45.0 Å². The van der Waals surface area contributed by atoms with Gasteiger partial charge < -0.3 is 14.8 Å². The molecule has 0 heterocycles. The van der Waals surface area contributed by atoms with Crippen molar-refractivity contribution in [3.8, 4) is 5.75 Å². The minimum absolute atomic E-state index is 0.174. The molecule has 0 aliphatic rings. The smallest absolute Gasteiger partial charge is 0.339 e. The first kappa shape index (κ1) is 23.4. The van der Waals surface area contributed by atoms with Gasteiger partial charge in [0, 0.05) is 13.1 Å². The van der Waals surface area contributed by atoms with Crippen molar-refractivity contribution in [3.63, 3.8) is 0 Å². The van der Waals surface area contributed by atoms with Crippen molar-refractivity contribution >= 4 is 27.6 Å². The van der Waals surface area contributed by atoms with Gasteiger partial charge >= 0.3 is 5.97 Å². The summed E-state index contributed by atoms with van der Waals surface area (Å²) in [6.45, 7) is 5.72. The fraction of sp³-hybridized carbons (Fsp3) is 0.333. The second-order valence-electron chi connectivity index (χ2n) is 6.39. The molecule has 0 bridgehead atoms. The maximum Gasteiger partial charge on any atom is 0.339 e. The van der Waals surface area contributed by atoms with E-state index in [0.717, 1.165) is 0 Å². The number of hydrogen-bond donors (Lipinski definition) is 1. The van der Waals surface area contributed by atoms with Crippen LogP contribution < -0.4 is 10.1 Å². The Hall–Kier alpha value is -2.91. The lowest BCUT2D eigenvalue weighted by Gasteiger charge is -2.19. The summed E-state index contributed by atoms with van der Waals surface area (Å²) < 4.78 is 36.9. The number of esters is 1. The van der Waals surface area contributed by atoms with Crippen molar-refractivity contribution in [3.05, 3.63) is 53.6 Å². The minimum Gasteiger partial charge on any atom is -0.483 e. The Morgan fingerprint density at radius 1 is 1.07 bits per heavy atom. The van der Waals surface area contributed by atoms with Gasteiger partial charge in [0.05, 0.1) is 23.3 Å². The van der Waals surface area contributed by atoms with Gasteiger partial charge in [-0.2, -0.15) is 4.31 Å². The zero-order valence-electron chi connectivity index (χ0n) is 17.5. The standard InChI is InChI=1S/C21H26N2O6S/c1-5-23(6-2)30(26,27)16-11-12-19(15(3)13-16)29-14-20(24)22-18-10-8-7-9-17(18)21(25)28-4/h7-13H,5-6,14H2,1-4H3,(H,22,24). The van der Waals surface area contributed by atoms with Crippen molar-refractivity contribution in [2.24, 2.45) is 0 Å². The van der Waals surface area contributed by atoms with Crippen molar-refractivity contribution < 1.29 is 27.5 Å². The van der Waals surface area contributed by atoms with Crippen LogP contribution >= 0.6 is 0 Å². The number of para-hydroxylation sites is 1. The highest BCUT2D eigenvalue weighted by Crippen LogP contribution is 2.24. The molecule has 162 valence electrons. The largest absolute Gasteiger partial charge is 0.483 e. The van der Waals surface area contributed by atoms with Gasteiger partial charge in [-0.3, -0.25) is 4.79 Å². The Morgan fingerprint density at radius 2 is 1.73 bits per heavy atom. The van der Waals surface area contributed by atoms with Gasteiger partial charge in [0.2, 0.25) is 10.0 Å². The summed E-state index contributed by atoms with van der Waals surface area (Å²) in [6.07, 6.45) is 0. The molecule has 0 spiro atoms. The molecule has 30 heavy (non-hydrogen) atoms. The predicted octanol–water partition coefficient (Wildman–Crippen LogP) is 2.83. The quantitative estimate of drug-likeness (QED) is 0.609. The Morgan fingerprint density at radius 3 is 2.33 bits per heavy atom. The maximum absolute atomic E-state index is 12.6. The fourth-order valence-electron chi connectivity index (χ4n) is 2.87. The lowest BCUT2D eigenvalue weighted by molar-refractivity contribution is -0.118. The number of hydrogen-bond acceptors (Lipinski definition) is 6. The van der Waals surface area contributed by atoms with Gasteiger partial charge in [0.25, 0.3) is 5.91 Å². The van der Waals surface area contributed by atoms with E-state index in [1.165, 1.54) is 29.6 Å². The highest BCUT2D eigenvalue weighted by Gasteiger charge is 2.22. The van der Waals surface area contributed by atoms with Gasteiger partial charge in [-0.05, 0) is 42.8 Å². The van der Waals surface area contributed by atoms with Crippen molar-refractivity contribution in [2.75, 3.05) is 32.1 Å². The molecule has 0 fully saturated rings. The second kappa shape index (κ2) is 10.2. The molecule has 0 saturated carbocycles. The summed E-state index contributed by atoms with van der Waals surface area (Å²) in [5.41, 5.74) is 1.14. The van der Waals surface area contributed by atoms with Crippen LogP contribution in [0.15, 0.2) is 47.4 Å². The first-order valence-electron chi connectivity index (χ1n) is 9.45. The average molecular weight is 435 g/mol. The molecule has 0 aliphatic heterocycles. The summed E-state index contributed by atoms with van der Waals surface area (Å²) >= 11 is 0. The molecule has 9 heteroatoms. The van der Waals surface area contributed by atoms with Gasteiger partial charge in [0.15, 0.2) is 6.61 Å². The number of amides is 1. The molecule has 0 radical (unpaired) electrons. The van der Waals surface area contributed by atoms with Crippen LogP contribution in [0.4, 0.5) is 5.69 Å². The normalized spacial score (nSPS) is 11.2. The Balaban J connectivity index is 2.08. The van der Waals surface area contributed by atoms with E-state index in [-0.39, 0.29) is 17.1 Å². The number of anilines is 1. The second-order valence-corrected chi connectivity index (χ2v) is 8.33. The van der Waals surface area contributed by atoms with Gasteiger partial charge in [0.1, 0.15) is 5.75 Å². The van der Waals surface area contributed by atoms with E-state index in [0.29, 0.717) is 30.1 Å². The number of rotatable bonds is 9. The predicted molar refractivity (Wildman–Crippen MR) is 113 cm³/mol. The van der Waals surface area contributed by atoms with Gasteiger partial charge in [-0.1, -0.05) is 26.0 Å². The van der Waals surface area contributed by atoms with Crippen LogP contribution in [0.1, 0.15) is 29.8 Å². The fourth-order valence-corrected chi connectivity index (χ4v) is 4.41. The first-order valence-corrected chi connectivity index (χ1v) is 10.9. The van der Waals surface area contributed by atoms with Crippen molar-refractivity contribution in [1.82, 2.24) is 4.31 Å². The molecule has 1 N–H and O–H groups in total. The maximum atomic E-state index is 12.6. The number of sulfonamides is 1. The zero-order valence-corrected chi connectivity index (χ0v) is 18.3. The van der Waals surface area contributed by atoms with Crippen LogP contribution in [-0.2, 0) is 19.6 Å². The van der Waals surface area contributed by atoms with Crippen LogP contribution in [-0.4, -0.2) is 51.4 Å². The molecule has 1 amide bonds. The minimum atomic E-state index is -3.57. The number of aryl methyl sites for hydroxylation is 1. The summed E-state index contributed by atoms with van der Waals surface area (Å²) in [5.74, 6) is -0.636. The van der Waals surface area contributed by atoms with E-state index in [4.69, 9.17) is 9.47 Å². The third-order valence-electron chi connectivity index (χ3n) is 4.45. The zero-order chi connectivity index (χ0) is 22.3. The Bertz CT molecular complexity index is 1020. The lowest BCUT2D eigenvalue weighted by atomic mass is 10.2. The average Bonchev–Trinajstić information content (AvgIpc) is 2.73. The Kier molecular flexibility index (Phi) is 7.96. The van der Waals surface area contributed by atoms with Crippen molar-refractivity contribution in [1.29, 1.82) is 0 Å². The van der Waals surface area contributed by atoms with Crippen LogP contribution in [0.2, 0.25) is 0 Å². The SMILES string of the molecule is CCN(CC)S(=O)(=O)c1ccc(OCC(=O)Nc2ccccc2C(=O)OC)c(C)c1. The highest BCUT2D eigenvalue weighted by molar-refractivity contribution is 7.89. The number of carbonyl (C=O) groups excluding carboxylic acids is 2. The molecule has 0 aliphatic carbocycles. The molecule has 0 unspecified atom stereocenters. The third-order valence-corrected chi connectivity index (χ3v) is 6.50. The summed E-state index contributed by atoms with van der Waals surface area (Å²) in [6, 6.07) is 11.0. The number of methoxy groups -OCH3 is 1. The molecule has 0 saturated heterocycles. The van der Waals surface area contributed by atoms with Crippen LogP contribution in [0.5, 0.6) is 5.75 Å². The molecular weight excluding hydrogens is 408 g/mol. The molecule has 0 atom stereocenters. The number of ether oxygens (including phenoxy) is 2. The van der Waals surface area contributed by atoms with E-state index in [2.05, 4.69) is 5.32 Å². The van der Waals surface area contributed by atoms with E-state index < -0.39 is 21.9 Å². The van der Waals surface area contributed by atoms with Crippen molar-refractivity contribution in [2.45, 2.75) is 25.7 Å². The molecule has 2 aromatic rings. The van der Waals surface area contributed by atoms with E-state index >= 15 is 0 Å². The van der Waals surface area contributed by atoms with Crippen LogP contribution in [0.3, 0.4) is 0 Å². The number of nitrogens with zero attached hydrogens (tertiary/aromatic N) is 1. The number of benzene rings is 2. The molecule has 0 aromatic heterocycles. The first-order chi connectivity index (χ1) is 14.2. The summed E-state index contributed by atoms with van der Waals surface area (Å²) in [5, 5.41) is 2.61. The number of nitrogens with one attached hydrogen (secondary N) is 1. The lowest BCUT2D eigenvalue weighted by Crippen LogP contribution is -2.30. The molecular formula is C21H26N2O6S. The molecule has 2 rings (SSSR count). The molecule has 2 aromatic carbocycles. The topological polar surface area (TPSA) is 102 Å². The van der Waals surface area contributed by atoms with Crippen LogP contribution in [0, 0.1) is 6.92 Å². The van der Waals surface area contributed by atoms with Crippen LogP contribution in [0.25, 0.3) is 0 Å². The van der Waals surface area contributed by atoms with Gasteiger partial charge in [-0.25, -0.2) is 13.2 Å². The third kappa shape index (κ3) is 5.37.